The topological polar surface area (TPSA) is 133 Å². The van der Waals surface area contributed by atoms with Gasteiger partial charge in [-0.2, -0.15) is 0 Å². The zero-order valence-electron chi connectivity index (χ0n) is 27.3. The van der Waals surface area contributed by atoms with E-state index in [0.29, 0.717) is 25.4 Å². The number of ether oxygens (including phenoxy) is 2. The van der Waals surface area contributed by atoms with Crippen molar-refractivity contribution in [1.29, 1.82) is 0 Å². The van der Waals surface area contributed by atoms with Gasteiger partial charge in [0.15, 0.2) is 0 Å². The molecule has 0 aliphatic heterocycles. The summed E-state index contributed by atoms with van der Waals surface area (Å²) in [6.45, 7) is 5.17. The quantitative estimate of drug-likeness (QED) is 0.0414. The Hall–Kier alpha value is -2.02. The van der Waals surface area contributed by atoms with Gasteiger partial charge in [-0.15, -0.1) is 0 Å². The number of rotatable bonds is 28. The van der Waals surface area contributed by atoms with Crippen molar-refractivity contribution in [1.82, 2.24) is 0 Å². The number of unbranched alkanes of at least 4 members (excludes halogenated alkanes) is 20. The van der Waals surface area contributed by atoms with E-state index in [1.807, 2.05) is 0 Å². The van der Waals surface area contributed by atoms with Crippen LogP contribution in [0, 0.1) is 0 Å². The number of carboxylic acid groups (broad SMARTS) is 2. The maximum Gasteiger partial charge on any atom is 2.00 e. The molecule has 0 amide bonds. The molecule has 0 unspecified atom stereocenters. The standard InChI is InChI=1S/2C17H30O4.Zn/c2*1-2-3-4-5-6-7-8-9-10-11-12-15-21-17(20)14-13-16(18)19;/h2*13-14H,2-12,15H2,1H3,(H,18,19);/q;;+2/p-2/b2*14-13-;. The molecule has 9 heteroatoms. The molecule has 0 saturated heterocycles. The Balaban J connectivity index is -0.000000727. The van der Waals surface area contributed by atoms with Crippen molar-refractivity contribution in [2.75, 3.05) is 13.2 Å². The third-order valence-corrected chi connectivity index (χ3v) is 6.70. The molecule has 43 heavy (non-hydrogen) atoms. The molecule has 0 atom stereocenters. The van der Waals surface area contributed by atoms with Crippen molar-refractivity contribution in [3.8, 4) is 0 Å². The van der Waals surface area contributed by atoms with E-state index < -0.39 is 23.9 Å². The van der Waals surface area contributed by atoms with Crippen LogP contribution in [0.3, 0.4) is 0 Å². The van der Waals surface area contributed by atoms with Gasteiger partial charge in [-0.05, 0) is 25.0 Å². The number of hydrogen-bond donors (Lipinski definition) is 0. The van der Waals surface area contributed by atoms with Crippen LogP contribution in [0.2, 0.25) is 0 Å². The van der Waals surface area contributed by atoms with E-state index in [1.54, 1.807) is 0 Å². The minimum atomic E-state index is -1.39. The van der Waals surface area contributed by atoms with Gasteiger partial charge >= 0.3 is 31.4 Å². The largest absolute Gasteiger partial charge is 2.00 e. The first-order chi connectivity index (χ1) is 20.3. The second kappa shape index (κ2) is 38.0. The zero-order chi connectivity index (χ0) is 31.5. The fraction of sp³-hybridized carbons (Fsp3) is 0.765. The molecule has 0 spiro atoms. The van der Waals surface area contributed by atoms with Crippen LogP contribution >= 0.6 is 0 Å². The minimum absolute atomic E-state index is 0. The van der Waals surface area contributed by atoms with Gasteiger partial charge in [0.05, 0.1) is 25.2 Å². The van der Waals surface area contributed by atoms with Crippen molar-refractivity contribution in [3.05, 3.63) is 24.3 Å². The van der Waals surface area contributed by atoms with Gasteiger partial charge in [-0.1, -0.05) is 142 Å². The molecule has 0 saturated carbocycles. The van der Waals surface area contributed by atoms with E-state index in [2.05, 4.69) is 13.8 Å². The van der Waals surface area contributed by atoms with Gasteiger partial charge < -0.3 is 29.3 Å². The molecule has 0 bridgehead atoms. The summed E-state index contributed by atoms with van der Waals surface area (Å²) in [6, 6.07) is 0. The molecule has 8 nitrogen and oxygen atoms in total. The van der Waals surface area contributed by atoms with Gasteiger partial charge in [-0.3, -0.25) is 0 Å². The first-order valence-electron chi connectivity index (χ1n) is 16.4. The fourth-order valence-corrected chi connectivity index (χ4v) is 4.25. The molecule has 0 N–H and O–H groups in total. The molecule has 0 aromatic rings. The zero-order valence-corrected chi connectivity index (χ0v) is 30.2. The van der Waals surface area contributed by atoms with E-state index in [9.17, 15) is 29.4 Å². The van der Waals surface area contributed by atoms with E-state index in [1.165, 1.54) is 116 Å². The van der Waals surface area contributed by atoms with Gasteiger partial charge in [0.2, 0.25) is 0 Å². The van der Waals surface area contributed by atoms with Crippen LogP contribution in [0.1, 0.15) is 155 Å². The summed E-state index contributed by atoms with van der Waals surface area (Å²) in [6.07, 6.45) is 30.4. The second-order valence-corrected chi connectivity index (χ2v) is 10.7. The maximum absolute atomic E-state index is 11.0. The summed E-state index contributed by atoms with van der Waals surface area (Å²) in [5.41, 5.74) is 0. The smallest absolute Gasteiger partial charge is 0.545 e. The number of carbonyl (C=O) groups is 4. The third kappa shape index (κ3) is 44.6. The Morgan fingerprint density at radius 1 is 0.419 bits per heavy atom. The fourth-order valence-electron chi connectivity index (χ4n) is 4.25. The van der Waals surface area contributed by atoms with Gasteiger partial charge in [0, 0.05) is 12.2 Å². The van der Waals surface area contributed by atoms with E-state index in [0.717, 1.165) is 37.8 Å². The number of carboxylic acids is 2. The number of carbonyl (C=O) groups excluding carboxylic acids is 4. The van der Waals surface area contributed by atoms with Crippen LogP contribution in [0.4, 0.5) is 0 Å². The van der Waals surface area contributed by atoms with Crippen molar-refractivity contribution in [2.24, 2.45) is 0 Å². The van der Waals surface area contributed by atoms with Crippen LogP contribution in [-0.2, 0) is 48.1 Å². The maximum atomic E-state index is 11.0. The predicted octanol–water partition coefficient (Wildman–Crippen LogP) is 6.29. The molecular weight excluding hydrogens is 602 g/mol. The van der Waals surface area contributed by atoms with Crippen molar-refractivity contribution < 1.29 is 58.3 Å². The molecule has 0 radical (unpaired) electrons. The van der Waals surface area contributed by atoms with Crippen molar-refractivity contribution in [3.63, 3.8) is 0 Å². The van der Waals surface area contributed by atoms with Gasteiger partial charge in [0.25, 0.3) is 0 Å². The number of esters is 2. The average Bonchev–Trinajstić information content (AvgIpc) is 2.96. The van der Waals surface area contributed by atoms with Gasteiger partial charge in [0.1, 0.15) is 0 Å². The normalized spacial score (nSPS) is 10.7. The van der Waals surface area contributed by atoms with Crippen LogP contribution < -0.4 is 10.2 Å². The van der Waals surface area contributed by atoms with Crippen LogP contribution in [0.15, 0.2) is 24.3 Å². The summed E-state index contributed by atoms with van der Waals surface area (Å²) < 4.78 is 9.72. The molecular formula is C34H58O8Zn. The Labute approximate surface area is 274 Å². The Kier molecular flexibility index (Phi) is 40.1. The third-order valence-electron chi connectivity index (χ3n) is 6.70. The average molecular weight is 660 g/mol. The molecule has 0 aromatic carbocycles. The van der Waals surface area contributed by atoms with Gasteiger partial charge in [-0.25, -0.2) is 9.59 Å². The Morgan fingerprint density at radius 3 is 0.884 bits per heavy atom. The molecule has 244 valence electrons. The van der Waals surface area contributed by atoms with Crippen LogP contribution in [0.25, 0.3) is 0 Å². The first-order valence-corrected chi connectivity index (χ1v) is 16.4. The molecule has 0 aliphatic rings. The van der Waals surface area contributed by atoms with E-state index >= 15 is 0 Å². The van der Waals surface area contributed by atoms with Crippen molar-refractivity contribution >= 4 is 23.9 Å². The summed E-state index contributed by atoms with van der Waals surface area (Å²) in [5.74, 6) is -4.01. The summed E-state index contributed by atoms with van der Waals surface area (Å²) >= 11 is 0. The number of hydrogen-bond acceptors (Lipinski definition) is 8. The van der Waals surface area contributed by atoms with E-state index in [-0.39, 0.29) is 19.5 Å². The summed E-state index contributed by atoms with van der Waals surface area (Å²) in [5, 5.41) is 20.1. The Bertz CT molecular complexity index is 661. The number of aliphatic carboxylic acids is 2. The monoisotopic (exact) mass is 658 g/mol. The second-order valence-electron chi connectivity index (χ2n) is 10.7. The van der Waals surface area contributed by atoms with Crippen molar-refractivity contribution in [2.45, 2.75) is 155 Å². The SMILES string of the molecule is CCCCCCCCCCCCCOC(=O)/C=C\C(=O)[O-].CCCCCCCCCCCCCOC(=O)/C=C\C(=O)[O-].[Zn+2]. The predicted molar refractivity (Wildman–Crippen MR) is 163 cm³/mol. The van der Waals surface area contributed by atoms with E-state index in [4.69, 9.17) is 9.47 Å². The molecule has 0 aromatic heterocycles. The molecule has 0 fully saturated rings. The van der Waals surface area contributed by atoms with Crippen LogP contribution in [0.5, 0.6) is 0 Å². The summed E-state index contributed by atoms with van der Waals surface area (Å²) in [4.78, 5) is 42.2. The summed E-state index contributed by atoms with van der Waals surface area (Å²) in [7, 11) is 0. The minimum Gasteiger partial charge on any atom is -0.545 e. The van der Waals surface area contributed by atoms with Crippen LogP contribution in [-0.4, -0.2) is 37.1 Å². The molecule has 0 rings (SSSR count). The Morgan fingerprint density at radius 2 is 0.651 bits per heavy atom. The molecule has 0 heterocycles. The molecule has 0 aliphatic carbocycles. The first kappa shape index (κ1) is 45.4.